The van der Waals surface area contributed by atoms with Crippen LogP contribution in [0.1, 0.15) is 58.2 Å². The summed E-state index contributed by atoms with van der Waals surface area (Å²) in [7, 11) is 3.67. The molecule has 2 N–H and O–H groups in total. The van der Waals surface area contributed by atoms with E-state index in [0.717, 1.165) is 17.7 Å². The fraction of sp³-hybridized carbons (Fsp3) is 0.650. The number of rotatable bonds is 5. The van der Waals surface area contributed by atoms with Gasteiger partial charge in [0.2, 0.25) is 5.91 Å². The van der Waals surface area contributed by atoms with Crippen molar-refractivity contribution in [2.75, 3.05) is 27.2 Å². The Hall–Kier alpha value is -1.55. The molecule has 1 aromatic rings. The summed E-state index contributed by atoms with van der Waals surface area (Å²) in [5, 5.41) is 13.8. The molecule has 1 amide bonds. The molecule has 0 fully saturated rings. The molecule has 0 heterocycles. The number of likely N-dealkylation sites (N-methyl/N-ethyl adjacent to an activating group) is 2. The summed E-state index contributed by atoms with van der Waals surface area (Å²) in [4.78, 5) is 14.2. The first-order valence-electron chi connectivity index (χ1n) is 8.63. The van der Waals surface area contributed by atoms with Crippen molar-refractivity contribution in [2.45, 2.75) is 58.8 Å². The van der Waals surface area contributed by atoms with Gasteiger partial charge in [-0.1, -0.05) is 53.7 Å². The summed E-state index contributed by atoms with van der Waals surface area (Å²) in [5.74, 6) is 0.275. The Morgan fingerprint density at radius 3 is 2.17 bits per heavy atom. The Morgan fingerprint density at radius 2 is 1.71 bits per heavy atom. The van der Waals surface area contributed by atoms with Crippen LogP contribution in [0.4, 0.5) is 0 Å². The van der Waals surface area contributed by atoms with E-state index in [4.69, 9.17) is 0 Å². The SMILES string of the molecule is CNCCN(C)C(=O)Cc1cc(C(C)(C)C)cc(C(C)(C)C)c1O. The molecular formula is C20H34N2O2. The zero-order chi connectivity index (χ0) is 18.7. The fourth-order valence-corrected chi connectivity index (χ4v) is 2.54. The molecule has 0 saturated carbocycles. The Labute approximate surface area is 147 Å². The number of nitrogens with one attached hydrogen (secondary N) is 1. The van der Waals surface area contributed by atoms with E-state index < -0.39 is 0 Å². The minimum atomic E-state index is -0.179. The molecule has 0 aliphatic carbocycles. The molecule has 0 atom stereocenters. The second-order valence-corrected chi connectivity index (χ2v) is 8.63. The number of carbonyl (C=O) groups is 1. The number of hydrogen-bond acceptors (Lipinski definition) is 3. The summed E-state index contributed by atoms with van der Waals surface area (Å²) in [6, 6.07) is 4.06. The highest BCUT2D eigenvalue weighted by Crippen LogP contribution is 2.37. The standard InChI is InChI=1S/C20H34N2O2/c1-19(2,3)15-11-14(12-17(23)22(8)10-9-21-7)18(24)16(13-15)20(4,5)6/h11,13,21,24H,9-10,12H2,1-8H3. The maximum absolute atomic E-state index is 12.5. The normalized spacial score (nSPS) is 12.3. The average Bonchev–Trinajstić information content (AvgIpc) is 2.44. The van der Waals surface area contributed by atoms with Crippen molar-refractivity contribution >= 4 is 5.91 Å². The van der Waals surface area contributed by atoms with Gasteiger partial charge in [-0.05, 0) is 29.0 Å². The first-order valence-corrected chi connectivity index (χ1v) is 8.63. The molecule has 1 aromatic carbocycles. The van der Waals surface area contributed by atoms with Crippen molar-refractivity contribution < 1.29 is 9.90 Å². The van der Waals surface area contributed by atoms with Crippen LogP contribution in [0, 0.1) is 0 Å². The van der Waals surface area contributed by atoms with Crippen LogP contribution in [-0.2, 0) is 22.0 Å². The first kappa shape index (κ1) is 20.5. The van der Waals surface area contributed by atoms with Gasteiger partial charge in [0, 0.05) is 25.7 Å². The number of hydrogen-bond donors (Lipinski definition) is 2. The predicted molar refractivity (Wildman–Crippen MR) is 101 cm³/mol. The lowest BCUT2D eigenvalue weighted by molar-refractivity contribution is -0.129. The van der Waals surface area contributed by atoms with Gasteiger partial charge >= 0.3 is 0 Å². The summed E-state index contributed by atoms with van der Waals surface area (Å²) in [5.41, 5.74) is 2.54. The van der Waals surface area contributed by atoms with Crippen LogP contribution in [-0.4, -0.2) is 43.1 Å². The second-order valence-electron chi connectivity index (χ2n) is 8.63. The maximum atomic E-state index is 12.5. The van der Waals surface area contributed by atoms with Crippen molar-refractivity contribution in [3.05, 3.63) is 28.8 Å². The smallest absolute Gasteiger partial charge is 0.226 e. The number of phenols is 1. The third-order valence-corrected chi connectivity index (χ3v) is 4.33. The number of phenolic OH excluding ortho intramolecular Hbond substituents is 1. The summed E-state index contributed by atoms with van der Waals surface area (Å²) >= 11 is 0. The molecule has 4 nitrogen and oxygen atoms in total. The largest absolute Gasteiger partial charge is 0.507 e. The number of benzene rings is 1. The Balaban J connectivity index is 3.24. The lowest BCUT2D eigenvalue weighted by atomic mass is 9.78. The van der Waals surface area contributed by atoms with Crippen molar-refractivity contribution in [3.63, 3.8) is 0 Å². The van der Waals surface area contributed by atoms with Gasteiger partial charge in [-0.25, -0.2) is 0 Å². The molecule has 0 saturated heterocycles. The number of nitrogens with zero attached hydrogens (tertiary/aromatic N) is 1. The lowest BCUT2D eigenvalue weighted by Crippen LogP contribution is -2.34. The Morgan fingerprint density at radius 1 is 1.12 bits per heavy atom. The molecule has 0 aliphatic rings. The van der Waals surface area contributed by atoms with Crippen LogP contribution in [0.2, 0.25) is 0 Å². The second kappa shape index (κ2) is 7.56. The van der Waals surface area contributed by atoms with E-state index in [9.17, 15) is 9.90 Å². The van der Waals surface area contributed by atoms with Gasteiger partial charge in [-0.2, -0.15) is 0 Å². The molecule has 0 aliphatic heterocycles. The average molecular weight is 335 g/mol. The van der Waals surface area contributed by atoms with Crippen LogP contribution >= 0.6 is 0 Å². The Bertz CT molecular complexity index is 581. The van der Waals surface area contributed by atoms with E-state index in [0.29, 0.717) is 12.1 Å². The highest BCUT2D eigenvalue weighted by atomic mass is 16.3. The molecular weight excluding hydrogens is 300 g/mol. The Kier molecular flexibility index (Phi) is 6.45. The van der Waals surface area contributed by atoms with Gasteiger partial charge in [0.05, 0.1) is 6.42 Å². The molecule has 0 unspecified atom stereocenters. The monoisotopic (exact) mass is 334 g/mol. The van der Waals surface area contributed by atoms with Crippen LogP contribution in [0.5, 0.6) is 5.75 Å². The molecule has 0 aromatic heterocycles. The van der Waals surface area contributed by atoms with Gasteiger partial charge in [0.25, 0.3) is 0 Å². The van der Waals surface area contributed by atoms with E-state index in [1.807, 2.05) is 13.1 Å². The van der Waals surface area contributed by atoms with Crippen LogP contribution in [0.3, 0.4) is 0 Å². The van der Waals surface area contributed by atoms with Crippen molar-refractivity contribution in [1.82, 2.24) is 10.2 Å². The molecule has 1 rings (SSSR count). The van der Waals surface area contributed by atoms with Gasteiger partial charge < -0.3 is 15.3 Å². The number of amides is 1. The molecule has 0 bridgehead atoms. The molecule has 0 radical (unpaired) electrons. The summed E-state index contributed by atoms with van der Waals surface area (Å²) in [6.45, 7) is 14.1. The van der Waals surface area contributed by atoms with Gasteiger partial charge in [-0.15, -0.1) is 0 Å². The van der Waals surface area contributed by atoms with Crippen LogP contribution in [0.15, 0.2) is 12.1 Å². The highest BCUT2D eigenvalue weighted by molar-refractivity contribution is 5.79. The third kappa shape index (κ3) is 5.23. The summed E-state index contributed by atoms with van der Waals surface area (Å²) < 4.78 is 0. The third-order valence-electron chi connectivity index (χ3n) is 4.33. The van der Waals surface area contributed by atoms with Gasteiger partial charge in [0.15, 0.2) is 0 Å². The van der Waals surface area contributed by atoms with E-state index in [1.165, 1.54) is 0 Å². The van der Waals surface area contributed by atoms with Gasteiger partial charge in [0.1, 0.15) is 5.75 Å². The van der Waals surface area contributed by atoms with Crippen molar-refractivity contribution in [1.29, 1.82) is 0 Å². The van der Waals surface area contributed by atoms with Gasteiger partial charge in [-0.3, -0.25) is 4.79 Å². The molecule has 4 heteroatoms. The van der Waals surface area contributed by atoms with Crippen molar-refractivity contribution in [3.8, 4) is 5.75 Å². The highest BCUT2D eigenvalue weighted by Gasteiger charge is 2.26. The number of carbonyl (C=O) groups excluding carboxylic acids is 1. The van der Waals surface area contributed by atoms with Crippen molar-refractivity contribution in [2.24, 2.45) is 0 Å². The van der Waals surface area contributed by atoms with Crippen LogP contribution < -0.4 is 5.32 Å². The zero-order valence-corrected chi connectivity index (χ0v) is 16.6. The number of aromatic hydroxyl groups is 1. The van der Waals surface area contributed by atoms with E-state index in [-0.39, 0.29) is 28.9 Å². The van der Waals surface area contributed by atoms with E-state index in [1.54, 1.807) is 11.9 Å². The zero-order valence-electron chi connectivity index (χ0n) is 16.6. The first-order chi connectivity index (χ1) is 10.9. The summed E-state index contributed by atoms with van der Waals surface area (Å²) in [6.07, 6.45) is 0.221. The predicted octanol–water partition coefficient (Wildman–Crippen LogP) is 3.21. The fourth-order valence-electron chi connectivity index (χ4n) is 2.54. The van der Waals surface area contributed by atoms with Crippen LogP contribution in [0.25, 0.3) is 0 Å². The quantitative estimate of drug-likeness (QED) is 0.869. The molecule has 136 valence electrons. The molecule has 0 spiro atoms. The van der Waals surface area contributed by atoms with E-state index >= 15 is 0 Å². The molecule has 24 heavy (non-hydrogen) atoms. The topological polar surface area (TPSA) is 52.6 Å². The van der Waals surface area contributed by atoms with E-state index in [2.05, 4.69) is 52.9 Å². The minimum Gasteiger partial charge on any atom is -0.507 e. The maximum Gasteiger partial charge on any atom is 0.226 e. The minimum absolute atomic E-state index is 0.0199. The lowest BCUT2D eigenvalue weighted by Gasteiger charge is -2.28.